The number of amides is 1. The van der Waals surface area contributed by atoms with E-state index in [4.69, 9.17) is 9.47 Å². The molecule has 2 rings (SSSR count). The van der Waals surface area contributed by atoms with Crippen molar-refractivity contribution >= 4 is 17.4 Å². The standard InChI is InChI=1S/C18H21N3O3/c1-4-9-19-14-6-8-17(20-12-14)21-18(22)11-13-5-7-15(23-2)16(10-13)24-3/h4-8,10,12,19H,1,9,11H2,2-3H3,(H,20,21,22). The summed E-state index contributed by atoms with van der Waals surface area (Å²) < 4.78 is 10.4. The van der Waals surface area contributed by atoms with E-state index in [2.05, 4.69) is 22.2 Å². The number of carbonyl (C=O) groups is 1. The molecule has 0 bridgehead atoms. The Kier molecular flexibility index (Phi) is 6.19. The highest BCUT2D eigenvalue weighted by Gasteiger charge is 2.09. The van der Waals surface area contributed by atoms with Gasteiger partial charge in [-0.2, -0.15) is 0 Å². The lowest BCUT2D eigenvalue weighted by atomic mass is 10.1. The number of methoxy groups -OCH3 is 2. The maximum Gasteiger partial charge on any atom is 0.229 e. The quantitative estimate of drug-likeness (QED) is 0.730. The molecule has 6 nitrogen and oxygen atoms in total. The van der Waals surface area contributed by atoms with Crippen LogP contribution in [-0.2, 0) is 11.2 Å². The van der Waals surface area contributed by atoms with E-state index in [1.165, 1.54) is 0 Å². The van der Waals surface area contributed by atoms with Crippen LogP contribution in [0, 0.1) is 0 Å². The maximum atomic E-state index is 12.1. The first-order valence-corrected chi connectivity index (χ1v) is 7.48. The zero-order valence-corrected chi connectivity index (χ0v) is 13.8. The molecule has 1 aromatic carbocycles. The highest BCUT2D eigenvalue weighted by atomic mass is 16.5. The van der Waals surface area contributed by atoms with Crippen molar-refractivity contribution in [3.05, 3.63) is 54.7 Å². The van der Waals surface area contributed by atoms with Crippen LogP contribution in [0.15, 0.2) is 49.2 Å². The van der Waals surface area contributed by atoms with Crippen LogP contribution in [0.25, 0.3) is 0 Å². The highest BCUT2D eigenvalue weighted by molar-refractivity contribution is 5.91. The first kappa shape index (κ1) is 17.3. The predicted molar refractivity (Wildman–Crippen MR) is 94.8 cm³/mol. The summed E-state index contributed by atoms with van der Waals surface area (Å²) in [5, 5.41) is 5.89. The summed E-state index contributed by atoms with van der Waals surface area (Å²) in [5.41, 5.74) is 1.70. The normalized spacial score (nSPS) is 9.92. The molecular weight excluding hydrogens is 306 g/mol. The van der Waals surface area contributed by atoms with Gasteiger partial charge >= 0.3 is 0 Å². The van der Waals surface area contributed by atoms with Gasteiger partial charge in [0.05, 0.1) is 32.5 Å². The number of nitrogens with one attached hydrogen (secondary N) is 2. The second-order valence-corrected chi connectivity index (χ2v) is 5.02. The van der Waals surface area contributed by atoms with Crippen LogP contribution in [0.3, 0.4) is 0 Å². The van der Waals surface area contributed by atoms with Gasteiger partial charge in [0.15, 0.2) is 11.5 Å². The van der Waals surface area contributed by atoms with E-state index < -0.39 is 0 Å². The van der Waals surface area contributed by atoms with Crippen LogP contribution < -0.4 is 20.1 Å². The average Bonchev–Trinajstić information content (AvgIpc) is 2.61. The van der Waals surface area contributed by atoms with Gasteiger partial charge in [0, 0.05) is 6.54 Å². The van der Waals surface area contributed by atoms with E-state index in [1.54, 1.807) is 44.7 Å². The minimum absolute atomic E-state index is 0.151. The molecular formula is C18H21N3O3. The molecule has 0 aliphatic heterocycles. The molecule has 1 aromatic heterocycles. The zero-order chi connectivity index (χ0) is 17.4. The third kappa shape index (κ3) is 4.74. The second kappa shape index (κ2) is 8.57. The molecule has 6 heteroatoms. The summed E-state index contributed by atoms with van der Waals surface area (Å²) in [7, 11) is 3.14. The largest absolute Gasteiger partial charge is 0.493 e. The van der Waals surface area contributed by atoms with Crippen LogP contribution in [0.1, 0.15) is 5.56 Å². The van der Waals surface area contributed by atoms with Crippen LogP contribution in [0.2, 0.25) is 0 Å². The first-order chi connectivity index (χ1) is 11.7. The van der Waals surface area contributed by atoms with Crippen molar-refractivity contribution < 1.29 is 14.3 Å². The fourth-order valence-electron chi connectivity index (χ4n) is 2.13. The van der Waals surface area contributed by atoms with Gasteiger partial charge in [-0.15, -0.1) is 6.58 Å². The number of carbonyl (C=O) groups excluding carboxylic acids is 1. The molecule has 0 unspecified atom stereocenters. The Balaban J connectivity index is 1.96. The predicted octanol–water partition coefficient (Wildman–Crippen LogP) is 2.88. The lowest BCUT2D eigenvalue weighted by Crippen LogP contribution is -2.15. The Labute approximate surface area is 141 Å². The van der Waals surface area contributed by atoms with Crippen LogP contribution in [0.4, 0.5) is 11.5 Å². The molecule has 1 amide bonds. The minimum atomic E-state index is -0.151. The Morgan fingerprint density at radius 2 is 2.00 bits per heavy atom. The van der Waals surface area contributed by atoms with Crippen LogP contribution in [0.5, 0.6) is 11.5 Å². The fraction of sp³-hybridized carbons (Fsp3) is 0.222. The number of anilines is 2. The topological polar surface area (TPSA) is 72.5 Å². The fourth-order valence-corrected chi connectivity index (χ4v) is 2.13. The summed E-state index contributed by atoms with van der Waals surface area (Å²) in [5.74, 6) is 1.58. The lowest BCUT2D eigenvalue weighted by Gasteiger charge is -2.10. The van der Waals surface area contributed by atoms with Gasteiger partial charge in [-0.1, -0.05) is 12.1 Å². The summed E-state index contributed by atoms with van der Waals surface area (Å²) in [6.45, 7) is 4.30. The Hall–Kier alpha value is -3.02. The Morgan fingerprint density at radius 3 is 2.62 bits per heavy atom. The molecule has 1 heterocycles. The second-order valence-electron chi connectivity index (χ2n) is 5.02. The van der Waals surface area contributed by atoms with Gasteiger partial charge in [0.1, 0.15) is 5.82 Å². The number of hydrogen-bond donors (Lipinski definition) is 2. The van der Waals surface area contributed by atoms with Gasteiger partial charge in [0.25, 0.3) is 0 Å². The average molecular weight is 327 g/mol. The Morgan fingerprint density at radius 1 is 1.21 bits per heavy atom. The minimum Gasteiger partial charge on any atom is -0.493 e. The molecule has 0 spiro atoms. The number of ether oxygens (including phenoxy) is 2. The van der Waals surface area contributed by atoms with E-state index in [-0.39, 0.29) is 12.3 Å². The van der Waals surface area contributed by atoms with Gasteiger partial charge in [0.2, 0.25) is 5.91 Å². The van der Waals surface area contributed by atoms with Gasteiger partial charge in [-0.05, 0) is 29.8 Å². The van der Waals surface area contributed by atoms with Crippen molar-refractivity contribution in [2.24, 2.45) is 0 Å². The van der Waals surface area contributed by atoms with Crippen molar-refractivity contribution in [1.29, 1.82) is 0 Å². The van der Waals surface area contributed by atoms with Crippen LogP contribution in [-0.4, -0.2) is 31.7 Å². The van der Waals surface area contributed by atoms with Crippen molar-refractivity contribution in [3.8, 4) is 11.5 Å². The number of rotatable bonds is 8. The number of nitrogens with zero attached hydrogens (tertiary/aromatic N) is 1. The zero-order valence-electron chi connectivity index (χ0n) is 13.8. The first-order valence-electron chi connectivity index (χ1n) is 7.48. The molecule has 0 saturated carbocycles. The molecule has 24 heavy (non-hydrogen) atoms. The number of aromatic nitrogens is 1. The molecule has 0 atom stereocenters. The van der Waals surface area contributed by atoms with Crippen molar-refractivity contribution in [3.63, 3.8) is 0 Å². The molecule has 0 radical (unpaired) electrons. The van der Waals surface area contributed by atoms with E-state index in [0.29, 0.717) is 23.9 Å². The molecule has 2 N–H and O–H groups in total. The molecule has 0 aliphatic rings. The summed E-state index contributed by atoms with van der Waals surface area (Å²) in [6.07, 6.45) is 3.65. The molecule has 126 valence electrons. The maximum absolute atomic E-state index is 12.1. The Bertz CT molecular complexity index is 699. The van der Waals surface area contributed by atoms with Gasteiger partial charge in [-0.3, -0.25) is 4.79 Å². The highest BCUT2D eigenvalue weighted by Crippen LogP contribution is 2.27. The molecule has 0 aliphatic carbocycles. The molecule has 0 saturated heterocycles. The van der Waals surface area contributed by atoms with Gasteiger partial charge in [-0.25, -0.2) is 4.98 Å². The SMILES string of the molecule is C=CCNc1ccc(NC(=O)Cc2ccc(OC)c(OC)c2)nc1. The van der Waals surface area contributed by atoms with E-state index in [0.717, 1.165) is 11.3 Å². The summed E-state index contributed by atoms with van der Waals surface area (Å²) in [4.78, 5) is 16.3. The van der Waals surface area contributed by atoms with Crippen molar-refractivity contribution in [1.82, 2.24) is 4.98 Å². The number of pyridine rings is 1. The van der Waals surface area contributed by atoms with E-state index in [9.17, 15) is 4.79 Å². The molecule has 0 fully saturated rings. The van der Waals surface area contributed by atoms with E-state index in [1.807, 2.05) is 12.1 Å². The third-order valence-corrected chi connectivity index (χ3v) is 3.29. The number of hydrogen-bond acceptors (Lipinski definition) is 5. The lowest BCUT2D eigenvalue weighted by molar-refractivity contribution is -0.115. The smallest absolute Gasteiger partial charge is 0.229 e. The van der Waals surface area contributed by atoms with Crippen LogP contribution >= 0.6 is 0 Å². The molecule has 2 aromatic rings. The summed E-state index contributed by atoms with van der Waals surface area (Å²) in [6, 6.07) is 8.99. The van der Waals surface area contributed by atoms with Crippen molar-refractivity contribution in [2.45, 2.75) is 6.42 Å². The third-order valence-electron chi connectivity index (χ3n) is 3.29. The number of benzene rings is 1. The summed E-state index contributed by atoms with van der Waals surface area (Å²) >= 11 is 0. The van der Waals surface area contributed by atoms with E-state index >= 15 is 0 Å². The van der Waals surface area contributed by atoms with Gasteiger partial charge < -0.3 is 20.1 Å². The van der Waals surface area contributed by atoms with Crippen molar-refractivity contribution in [2.75, 3.05) is 31.4 Å². The monoisotopic (exact) mass is 327 g/mol.